The Morgan fingerprint density at radius 2 is 2.20 bits per heavy atom. The Morgan fingerprint density at radius 3 is 2.80 bits per heavy atom. The van der Waals surface area contributed by atoms with E-state index in [9.17, 15) is 9.59 Å². The molecule has 1 N–H and O–H groups in total. The second-order valence-corrected chi connectivity index (χ2v) is 4.95. The van der Waals surface area contributed by atoms with Crippen molar-refractivity contribution in [3.8, 4) is 11.3 Å². The summed E-state index contributed by atoms with van der Waals surface area (Å²) in [6.07, 6.45) is 1.49. The molecule has 1 aromatic carbocycles. The molecule has 0 saturated carbocycles. The summed E-state index contributed by atoms with van der Waals surface area (Å²) in [7, 11) is 0. The van der Waals surface area contributed by atoms with Gasteiger partial charge in [-0.05, 0) is 18.2 Å². The molecule has 1 heterocycles. The van der Waals surface area contributed by atoms with Crippen molar-refractivity contribution < 1.29 is 9.90 Å². The van der Waals surface area contributed by atoms with Crippen LogP contribution >= 0.6 is 15.9 Å². The summed E-state index contributed by atoms with van der Waals surface area (Å²) in [5, 5.41) is 13.3. The third-order valence-electron chi connectivity index (χ3n) is 2.63. The molecule has 2 rings (SSSR count). The van der Waals surface area contributed by atoms with Crippen molar-refractivity contribution in [2.24, 2.45) is 0 Å². The molecule has 20 heavy (non-hydrogen) atoms. The van der Waals surface area contributed by atoms with Crippen LogP contribution in [-0.4, -0.2) is 20.9 Å². The highest BCUT2D eigenvalue weighted by molar-refractivity contribution is 9.10. The average molecular weight is 335 g/mol. The van der Waals surface area contributed by atoms with Gasteiger partial charge in [0.25, 0.3) is 5.56 Å². The predicted octanol–water partition coefficient (Wildman–Crippen LogP) is 2.56. The van der Waals surface area contributed by atoms with Crippen molar-refractivity contribution in [3.63, 3.8) is 0 Å². The fourth-order valence-corrected chi connectivity index (χ4v) is 2.13. The predicted molar refractivity (Wildman–Crippen MR) is 78.8 cm³/mol. The number of carboxylic acids is 1. The number of benzene rings is 1. The van der Waals surface area contributed by atoms with Crippen molar-refractivity contribution in [3.05, 3.63) is 63.4 Å². The van der Waals surface area contributed by atoms with Gasteiger partial charge in [-0.2, -0.15) is 5.10 Å². The van der Waals surface area contributed by atoms with Gasteiger partial charge in [-0.15, -0.1) is 6.58 Å². The fourth-order valence-electron chi connectivity index (χ4n) is 1.73. The van der Waals surface area contributed by atoms with Crippen molar-refractivity contribution >= 4 is 21.9 Å². The van der Waals surface area contributed by atoms with Crippen LogP contribution in [-0.2, 0) is 6.54 Å². The minimum absolute atomic E-state index is 0.154. The zero-order chi connectivity index (χ0) is 14.7. The van der Waals surface area contributed by atoms with Crippen molar-refractivity contribution in [1.82, 2.24) is 9.78 Å². The molecule has 0 radical (unpaired) electrons. The quantitative estimate of drug-likeness (QED) is 0.872. The molecular formula is C14H11BrN2O3. The van der Waals surface area contributed by atoms with Gasteiger partial charge < -0.3 is 5.11 Å². The molecule has 0 aliphatic rings. The summed E-state index contributed by atoms with van der Waals surface area (Å²) in [6.45, 7) is 3.69. The SMILES string of the molecule is C=CCn1nc(-c2cccc(Br)c2)cc(C(=O)O)c1=O. The lowest BCUT2D eigenvalue weighted by atomic mass is 10.1. The molecule has 0 amide bonds. The third-order valence-corrected chi connectivity index (χ3v) is 3.12. The molecule has 1 aromatic heterocycles. The maximum absolute atomic E-state index is 11.9. The smallest absolute Gasteiger partial charge is 0.341 e. The van der Waals surface area contributed by atoms with Gasteiger partial charge in [0.1, 0.15) is 5.56 Å². The minimum atomic E-state index is -1.27. The van der Waals surface area contributed by atoms with Crippen LogP contribution in [0.2, 0.25) is 0 Å². The number of carboxylic acid groups (broad SMARTS) is 1. The molecule has 0 aliphatic carbocycles. The first-order chi connectivity index (χ1) is 9.52. The first-order valence-corrected chi connectivity index (χ1v) is 6.54. The van der Waals surface area contributed by atoms with Crippen LogP contribution in [0.5, 0.6) is 0 Å². The highest BCUT2D eigenvalue weighted by Gasteiger charge is 2.14. The molecule has 0 bridgehead atoms. The molecular weight excluding hydrogens is 324 g/mol. The molecule has 0 unspecified atom stereocenters. The number of carbonyl (C=O) groups is 1. The number of hydrogen-bond acceptors (Lipinski definition) is 3. The van der Waals surface area contributed by atoms with E-state index >= 15 is 0 Å². The van der Waals surface area contributed by atoms with Crippen LogP contribution in [0.3, 0.4) is 0 Å². The minimum Gasteiger partial charge on any atom is -0.477 e. The van der Waals surface area contributed by atoms with Gasteiger partial charge in [0, 0.05) is 10.0 Å². The Kier molecular flexibility index (Phi) is 4.14. The van der Waals surface area contributed by atoms with E-state index in [-0.39, 0.29) is 12.1 Å². The van der Waals surface area contributed by atoms with Crippen LogP contribution in [0.4, 0.5) is 0 Å². The number of rotatable bonds is 4. The van der Waals surface area contributed by atoms with Crippen LogP contribution in [0, 0.1) is 0 Å². The van der Waals surface area contributed by atoms with Crippen molar-refractivity contribution in [2.75, 3.05) is 0 Å². The van der Waals surface area contributed by atoms with Gasteiger partial charge in [-0.1, -0.05) is 34.1 Å². The standard InChI is InChI=1S/C14H11BrN2O3/c1-2-6-17-13(18)11(14(19)20)8-12(16-17)9-4-3-5-10(15)7-9/h2-5,7-8H,1,6H2,(H,19,20). The van der Waals surface area contributed by atoms with Gasteiger partial charge in [-0.25, -0.2) is 9.48 Å². The summed E-state index contributed by atoms with van der Waals surface area (Å²) < 4.78 is 1.93. The maximum atomic E-state index is 11.9. The monoisotopic (exact) mass is 334 g/mol. The first kappa shape index (κ1) is 14.2. The third kappa shape index (κ3) is 2.85. The van der Waals surface area contributed by atoms with Gasteiger partial charge in [0.05, 0.1) is 12.2 Å². The second kappa shape index (κ2) is 5.83. The van der Waals surface area contributed by atoms with E-state index in [4.69, 9.17) is 5.11 Å². The van der Waals surface area contributed by atoms with Crippen LogP contribution in [0.15, 0.2) is 52.3 Å². The molecule has 6 heteroatoms. The lowest BCUT2D eigenvalue weighted by molar-refractivity contribution is 0.0694. The van der Waals surface area contributed by atoms with E-state index in [0.717, 1.165) is 14.7 Å². The maximum Gasteiger partial charge on any atom is 0.341 e. The van der Waals surface area contributed by atoms with E-state index < -0.39 is 11.5 Å². The molecule has 102 valence electrons. The number of halogens is 1. The Balaban J connectivity index is 2.68. The number of aromatic carboxylic acids is 1. The van der Waals surface area contributed by atoms with E-state index in [1.807, 2.05) is 12.1 Å². The number of nitrogens with zero attached hydrogens (tertiary/aromatic N) is 2. The number of allylic oxidation sites excluding steroid dienone is 1. The van der Waals surface area contributed by atoms with Crippen LogP contribution < -0.4 is 5.56 Å². The first-order valence-electron chi connectivity index (χ1n) is 5.75. The van der Waals surface area contributed by atoms with Crippen LogP contribution in [0.25, 0.3) is 11.3 Å². The number of aromatic nitrogens is 2. The normalized spacial score (nSPS) is 10.2. The van der Waals surface area contributed by atoms with Crippen molar-refractivity contribution in [1.29, 1.82) is 0 Å². The van der Waals surface area contributed by atoms with Gasteiger partial charge in [-0.3, -0.25) is 4.79 Å². The Labute approximate surface area is 123 Å². The average Bonchev–Trinajstić information content (AvgIpc) is 2.41. The Hall–Kier alpha value is -2.21. The van der Waals surface area contributed by atoms with Gasteiger partial charge in [0.2, 0.25) is 0 Å². The highest BCUT2D eigenvalue weighted by atomic mass is 79.9. The second-order valence-electron chi connectivity index (χ2n) is 4.03. The van der Waals surface area contributed by atoms with E-state index in [2.05, 4.69) is 27.6 Å². The zero-order valence-corrected chi connectivity index (χ0v) is 12.0. The number of hydrogen-bond donors (Lipinski definition) is 1. The van der Waals surface area contributed by atoms with Gasteiger partial charge >= 0.3 is 5.97 Å². The largest absolute Gasteiger partial charge is 0.477 e. The lowest BCUT2D eigenvalue weighted by Gasteiger charge is -2.07. The molecule has 0 spiro atoms. The molecule has 5 nitrogen and oxygen atoms in total. The molecule has 0 atom stereocenters. The summed E-state index contributed by atoms with van der Waals surface area (Å²) in [5.74, 6) is -1.27. The molecule has 0 saturated heterocycles. The Morgan fingerprint density at radius 1 is 1.45 bits per heavy atom. The van der Waals surface area contributed by atoms with E-state index in [1.165, 1.54) is 12.1 Å². The summed E-state index contributed by atoms with van der Waals surface area (Å²) in [5.41, 5.74) is 0.192. The topological polar surface area (TPSA) is 72.2 Å². The molecule has 0 aliphatic heterocycles. The van der Waals surface area contributed by atoms with Gasteiger partial charge in [0.15, 0.2) is 0 Å². The van der Waals surface area contributed by atoms with Crippen molar-refractivity contribution in [2.45, 2.75) is 6.54 Å². The summed E-state index contributed by atoms with van der Waals surface area (Å²) in [4.78, 5) is 23.1. The molecule has 2 aromatic rings. The molecule has 0 fully saturated rings. The Bertz CT molecular complexity index is 737. The van der Waals surface area contributed by atoms with E-state index in [1.54, 1.807) is 12.1 Å². The zero-order valence-electron chi connectivity index (χ0n) is 10.4. The summed E-state index contributed by atoms with van der Waals surface area (Å²) in [6, 6.07) is 8.54. The van der Waals surface area contributed by atoms with E-state index in [0.29, 0.717) is 5.69 Å². The highest BCUT2D eigenvalue weighted by Crippen LogP contribution is 2.21. The van der Waals surface area contributed by atoms with Crippen LogP contribution in [0.1, 0.15) is 10.4 Å². The fraction of sp³-hybridized carbons (Fsp3) is 0.0714. The summed E-state index contributed by atoms with van der Waals surface area (Å²) >= 11 is 3.34. The lowest BCUT2D eigenvalue weighted by Crippen LogP contribution is -2.28.